The van der Waals surface area contributed by atoms with Gasteiger partial charge in [-0.3, -0.25) is 4.68 Å². The van der Waals surface area contributed by atoms with Gasteiger partial charge in [0.15, 0.2) is 0 Å². The van der Waals surface area contributed by atoms with Crippen LogP contribution in [0.3, 0.4) is 0 Å². The summed E-state index contributed by atoms with van der Waals surface area (Å²) in [7, 11) is 1.97. The molecule has 0 aromatic carbocycles. The Morgan fingerprint density at radius 3 is 2.69 bits per heavy atom. The average molecular weight is 181 g/mol. The Labute approximate surface area is 80.1 Å². The van der Waals surface area contributed by atoms with Gasteiger partial charge in [-0.2, -0.15) is 5.10 Å². The first-order valence-electron chi connectivity index (χ1n) is 5.02. The van der Waals surface area contributed by atoms with E-state index in [2.05, 4.69) is 35.0 Å². The van der Waals surface area contributed by atoms with Gasteiger partial charge in [0.25, 0.3) is 0 Å². The van der Waals surface area contributed by atoms with Crippen LogP contribution in [-0.2, 0) is 19.4 Å². The average Bonchev–Trinajstić information content (AvgIpc) is 2.57. The van der Waals surface area contributed by atoms with Gasteiger partial charge in [0.05, 0.1) is 12.2 Å². The summed E-state index contributed by atoms with van der Waals surface area (Å²) in [6.07, 6.45) is 2.09. The molecule has 0 radical (unpaired) electrons. The van der Waals surface area contributed by atoms with Gasteiger partial charge in [0.2, 0.25) is 0 Å². The fraction of sp³-hybridized carbons (Fsp3) is 0.700. The largest absolute Gasteiger partial charge is 0.318 e. The summed E-state index contributed by atoms with van der Waals surface area (Å²) in [6.45, 7) is 6.27. The lowest BCUT2D eigenvalue weighted by Gasteiger charge is -2.04. The normalized spacial score (nSPS) is 10.7. The van der Waals surface area contributed by atoms with Crippen LogP contribution >= 0.6 is 0 Å². The van der Waals surface area contributed by atoms with Crippen LogP contribution in [0.4, 0.5) is 0 Å². The Balaban J connectivity index is 2.71. The lowest BCUT2D eigenvalue weighted by Crippen LogP contribution is -2.17. The maximum atomic E-state index is 4.51. The third-order valence-electron chi connectivity index (χ3n) is 2.21. The highest BCUT2D eigenvalue weighted by molar-refractivity contribution is 5.10. The van der Waals surface area contributed by atoms with E-state index in [4.69, 9.17) is 0 Å². The van der Waals surface area contributed by atoms with E-state index in [-0.39, 0.29) is 0 Å². The Morgan fingerprint density at radius 2 is 2.15 bits per heavy atom. The van der Waals surface area contributed by atoms with E-state index in [1.54, 1.807) is 0 Å². The predicted octanol–water partition coefficient (Wildman–Crippen LogP) is 1.23. The number of likely N-dealkylation sites (N-methyl/N-ethyl adjacent to an activating group) is 1. The van der Waals surface area contributed by atoms with Crippen molar-refractivity contribution in [2.45, 2.75) is 33.2 Å². The lowest BCUT2D eigenvalue weighted by atomic mass is 10.3. The van der Waals surface area contributed by atoms with E-state index in [0.717, 1.165) is 25.9 Å². The fourth-order valence-electron chi connectivity index (χ4n) is 1.38. The van der Waals surface area contributed by atoms with Crippen molar-refractivity contribution in [1.82, 2.24) is 15.1 Å². The Hall–Kier alpha value is -0.830. The zero-order valence-electron chi connectivity index (χ0n) is 8.80. The summed E-state index contributed by atoms with van der Waals surface area (Å²) in [6, 6.07) is 2.20. The number of nitrogens with one attached hydrogen (secondary N) is 1. The van der Waals surface area contributed by atoms with Crippen LogP contribution in [0.15, 0.2) is 6.07 Å². The zero-order valence-corrected chi connectivity index (χ0v) is 8.80. The smallest absolute Gasteiger partial charge is 0.0624 e. The van der Waals surface area contributed by atoms with Gasteiger partial charge < -0.3 is 5.32 Å². The summed E-state index contributed by atoms with van der Waals surface area (Å²) < 4.78 is 2.11. The summed E-state index contributed by atoms with van der Waals surface area (Å²) in [5.74, 6) is 0. The molecule has 13 heavy (non-hydrogen) atoms. The molecule has 0 aliphatic heterocycles. The first-order chi connectivity index (χ1) is 6.31. The second-order valence-electron chi connectivity index (χ2n) is 3.16. The molecule has 1 N–H and O–H groups in total. The number of rotatable bonds is 5. The first kappa shape index (κ1) is 10.3. The van der Waals surface area contributed by atoms with Crippen molar-refractivity contribution >= 4 is 0 Å². The highest BCUT2D eigenvalue weighted by atomic mass is 15.3. The standard InChI is InChI=1S/C10H19N3/c1-4-9-8-10(5-2)13(12-9)7-6-11-3/h8,11H,4-7H2,1-3H3. The van der Waals surface area contributed by atoms with Crippen LogP contribution in [0.5, 0.6) is 0 Å². The molecule has 0 bridgehead atoms. The lowest BCUT2D eigenvalue weighted by molar-refractivity contribution is 0.558. The predicted molar refractivity (Wildman–Crippen MR) is 54.9 cm³/mol. The van der Waals surface area contributed by atoms with Gasteiger partial charge in [0, 0.05) is 12.2 Å². The van der Waals surface area contributed by atoms with Gasteiger partial charge in [-0.15, -0.1) is 0 Å². The van der Waals surface area contributed by atoms with Gasteiger partial charge in [0.1, 0.15) is 0 Å². The highest BCUT2D eigenvalue weighted by Gasteiger charge is 2.03. The number of hydrogen-bond acceptors (Lipinski definition) is 2. The quantitative estimate of drug-likeness (QED) is 0.740. The molecule has 0 aliphatic carbocycles. The Bertz CT molecular complexity index is 253. The third-order valence-corrected chi connectivity index (χ3v) is 2.21. The van der Waals surface area contributed by atoms with E-state index in [1.807, 2.05) is 7.05 Å². The molecular weight excluding hydrogens is 162 g/mol. The van der Waals surface area contributed by atoms with Gasteiger partial charge in [-0.05, 0) is 26.0 Å². The number of aromatic nitrogens is 2. The van der Waals surface area contributed by atoms with Crippen molar-refractivity contribution in [2.24, 2.45) is 0 Å². The van der Waals surface area contributed by atoms with Crippen molar-refractivity contribution in [3.63, 3.8) is 0 Å². The van der Waals surface area contributed by atoms with Crippen LogP contribution in [0.2, 0.25) is 0 Å². The maximum absolute atomic E-state index is 4.51. The van der Waals surface area contributed by atoms with E-state index >= 15 is 0 Å². The molecule has 74 valence electrons. The third kappa shape index (κ3) is 2.56. The van der Waals surface area contributed by atoms with Crippen molar-refractivity contribution in [3.8, 4) is 0 Å². The molecule has 0 spiro atoms. The van der Waals surface area contributed by atoms with E-state index in [1.165, 1.54) is 11.4 Å². The monoisotopic (exact) mass is 181 g/mol. The number of hydrogen-bond donors (Lipinski definition) is 1. The summed E-state index contributed by atoms with van der Waals surface area (Å²) >= 11 is 0. The first-order valence-corrected chi connectivity index (χ1v) is 5.02. The van der Waals surface area contributed by atoms with Crippen molar-refractivity contribution in [1.29, 1.82) is 0 Å². The van der Waals surface area contributed by atoms with Crippen molar-refractivity contribution in [3.05, 3.63) is 17.5 Å². The SMILES string of the molecule is CCc1cc(CC)n(CCNC)n1. The minimum absolute atomic E-state index is 0.972. The molecular formula is C10H19N3. The molecule has 0 aliphatic rings. The molecule has 1 aromatic rings. The van der Waals surface area contributed by atoms with E-state index in [9.17, 15) is 0 Å². The molecule has 0 unspecified atom stereocenters. The maximum Gasteiger partial charge on any atom is 0.0624 e. The second-order valence-corrected chi connectivity index (χ2v) is 3.16. The molecule has 0 amide bonds. The molecule has 1 heterocycles. The second kappa shape index (κ2) is 5.02. The summed E-state index contributed by atoms with van der Waals surface area (Å²) in [5, 5.41) is 7.65. The minimum atomic E-state index is 0.972. The minimum Gasteiger partial charge on any atom is -0.318 e. The highest BCUT2D eigenvalue weighted by Crippen LogP contribution is 2.05. The Morgan fingerprint density at radius 1 is 1.38 bits per heavy atom. The molecule has 3 heteroatoms. The van der Waals surface area contributed by atoms with Crippen LogP contribution in [0.1, 0.15) is 25.2 Å². The van der Waals surface area contributed by atoms with Crippen LogP contribution in [0, 0.1) is 0 Å². The Kier molecular flexibility index (Phi) is 3.96. The van der Waals surface area contributed by atoms with Crippen LogP contribution < -0.4 is 5.32 Å². The molecule has 3 nitrogen and oxygen atoms in total. The van der Waals surface area contributed by atoms with Crippen LogP contribution in [-0.4, -0.2) is 23.4 Å². The number of aryl methyl sites for hydroxylation is 2. The van der Waals surface area contributed by atoms with E-state index < -0.39 is 0 Å². The molecule has 1 aromatic heterocycles. The molecule has 0 saturated carbocycles. The van der Waals surface area contributed by atoms with Gasteiger partial charge in [-0.1, -0.05) is 13.8 Å². The zero-order chi connectivity index (χ0) is 9.68. The van der Waals surface area contributed by atoms with Crippen molar-refractivity contribution in [2.75, 3.05) is 13.6 Å². The topological polar surface area (TPSA) is 29.9 Å². The molecule has 0 atom stereocenters. The van der Waals surface area contributed by atoms with E-state index in [0.29, 0.717) is 0 Å². The number of nitrogens with zero attached hydrogens (tertiary/aromatic N) is 2. The summed E-state index contributed by atoms with van der Waals surface area (Å²) in [5.41, 5.74) is 2.54. The molecule has 1 rings (SSSR count). The van der Waals surface area contributed by atoms with Crippen molar-refractivity contribution < 1.29 is 0 Å². The summed E-state index contributed by atoms with van der Waals surface area (Å²) in [4.78, 5) is 0. The molecule has 0 fully saturated rings. The molecule has 0 saturated heterocycles. The fourth-order valence-corrected chi connectivity index (χ4v) is 1.38. The van der Waals surface area contributed by atoms with Gasteiger partial charge in [-0.25, -0.2) is 0 Å². The van der Waals surface area contributed by atoms with Gasteiger partial charge >= 0.3 is 0 Å². The van der Waals surface area contributed by atoms with Crippen LogP contribution in [0.25, 0.3) is 0 Å².